The predicted octanol–water partition coefficient (Wildman–Crippen LogP) is 3.37. The molecule has 3 aromatic rings. The fourth-order valence-electron chi connectivity index (χ4n) is 6.11. The highest BCUT2D eigenvalue weighted by atomic mass is 16.5. The zero-order chi connectivity index (χ0) is 31.6. The number of carboxylic acids is 2. The average molecular weight is 615 g/mol. The van der Waals surface area contributed by atoms with Gasteiger partial charge in [0.25, 0.3) is 0 Å². The minimum atomic E-state index is -1.04. The van der Waals surface area contributed by atoms with Gasteiger partial charge >= 0.3 is 11.9 Å². The van der Waals surface area contributed by atoms with Crippen molar-refractivity contribution in [2.45, 2.75) is 24.9 Å². The van der Waals surface area contributed by atoms with E-state index in [-0.39, 0.29) is 12.1 Å². The number of aromatic nitrogens is 1. The van der Waals surface area contributed by atoms with Crippen LogP contribution in [0.3, 0.4) is 0 Å². The van der Waals surface area contributed by atoms with Gasteiger partial charge < -0.3 is 30.0 Å². The average Bonchev–Trinajstić information content (AvgIpc) is 3.87. The van der Waals surface area contributed by atoms with Crippen molar-refractivity contribution in [1.29, 1.82) is 0 Å². The van der Waals surface area contributed by atoms with Gasteiger partial charge in [-0.05, 0) is 96.8 Å². The van der Waals surface area contributed by atoms with E-state index in [0.29, 0.717) is 11.5 Å². The van der Waals surface area contributed by atoms with E-state index in [9.17, 15) is 9.59 Å². The molecule has 1 saturated heterocycles. The summed E-state index contributed by atoms with van der Waals surface area (Å²) in [6.07, 6.45) is 13.9. The number of benzene rings is 2. The predicted molar refractivity (Wildman–Crippen MR) is 174 cm³/mol. The number of hydrogen-bond donors (Lipinski definition) is 4. The van der Waals surface area contributed by atoms with E-state index in [2.05, 4.69) is 16.4 Å². The van der Waals surface area contributed by atoms with Crippen molar-refractivity contribution in [2.24, 2.45) is 9.98 Å². The van der Waals surface area contributed by atoms with Crippen molar-refractivity contribution in [3.63, 3.8) is 0 Å². The van der Waals surface area contributed by atoms with Crippen LogP contribution < -0.4 is 25.5 Å². The lowest BCUT2D eigenvalue weighted by atomic mass is 9.95. The fourth-order valence-corrected chi connectivity index (χ4v) is 6.11. The molecule has 0 aliphatic carbocycles. The van der Waals surface area contributed by atoms with Crippen LogP contribution in [0.4, 0.5) is 0 Å². The number of aliphatic carboxylic acids is 2. The Morgan fingerprint density at radius 2 is 1.57 bits per heavy atom. The molecule has 230 valence electrons. The molecule has 0 amide bonds. The molecule has 1 aromatic heterocycles. The number of rotatable bonds is 8. The van der Waals surface area contributed by atoms with E-state index >= 15 is 0 Å². The highest BCUT2D eigenvalue weighted by Gasteiger charge is 2.29. The van der Waals surface area contributed by atoms with Gasteiger partial charge in [-0.15, -0.1) is 0 Å². The summed E-state index contributed by atoms with van der Waals surface area (Å²) >= 11 is 0. The first-order chi connectivity index (χ1) is 22.4. The first-order valence-electron chi connectivity index (χ1n) is 14.9. The molecule has 4 N–H and O–H groups in total. The van der Waals surface area contributed by atoms with Crippen molar-refractivity contribution < 1.29 is 29.3 Å². The standard InChI is InChI=1S/C36H30N4O6/c41-33(42)19-45-27-5-1-3-21(15-27)35-29-11-7-23(37-29)17-25-9-13-31(39-25)36(22-4-2-6-28(16-22)46-20-34(43)44)32-14-10-26(40-32)18-24-8-12-30(35)38-24/h1-9,11-13,15-18,26,32,37,40H,10,14,19-20H2,(H,41,42)(H,43,44)/b23-17?,24-18?,35-29-,36-31-. The molecule has 4 aliphatic rings. The van der Waals surface area contributed by atoms with Gasteiger partial charge in [-0.3, -0.25) is 0 Å². The number of nitrogens with zero attached hydrogens (tertiary/aromatic N) is 2. The van der Waals surface area contributed by atoms with Crippen LogP contribution in [0.2, 0.25) is 0 Å². The van der Waals surface area contributed by atoms with Gasteiger partial charge in [-0.1, -0.05) is 24.3 Å². The highest BCUT2D eigenvalue weighted by molar-refractivity contribution is 6.30. The summed E-state index contributed by atoms with van der Waals surface area (Å²) in [5.41, 5.74) is 6.86. The van der Waals surface area contributed by atoms with E-state index in [1.807, 2.05) is 78.9 Å². The summed E-state index contributed by atoms with van der Waals surface area (Å²) in [6.45, 7) is -0.845. The summed E-state index contributed by atoms with van der Waals surface area (Å²) in [6, 6.07) is 18.9. The Bertz CT molecular complexity index is 2060. The lowest BCUT2D eigenvalue weighted by Gasteiger charge is -2.19. The smallest absolute Gasteiger partial charge is 0.341 e. The fraction of sp³-hybridized carbons (Fsp3) is 0.167. The van der Waals surface area contributed by atoms with Crippen molar-refractivity contribution in [1.82, 2.24) is 10.3 Å². The molecule has 4 aliphatic heterocycles. The topological polar surface area (TPSA) is 146 Å². The molecule has 2 atom stereocenters. The number of carboxylic acid groups (broad SMARTS) is 2. The Morgan fingerprint density at radius 1 is 0.826 bits per heavy atom. The van der Waals surface area contributed by atoms with E-state index in [1.165, 1.54) is 0 Å². The lowest BCUT2D eigenvalue weighted by molar-refractivity contribution is -0.140. The Morgan fingerprint density at radius 3 is 2.33 bits per heavy atom. The van der Waals surface area contributed by atoms with Crippen LogP contribution in [0, 0.1) is 0 Å². The Kier molecular flexibility index (Phi) is 7.78. The number of H-pyrrole nitrogens is 1. The highest BCUT2D eigenvalue weighted by Crippen LogP contribution is 2.34. The van der Waals surface area contributed by atoms with Crippen LogP contribution >= 0.6 is 0 Å². The van der Waals surface area contributed by atoms with E-state index < -0.39 is 25.2 Å². The third kappa shape index (κ3) is 6.24. The third-order valence-electron chi connectivity index (χ3n) is 8.03. The molecule has 2 aromatic carbocycles. The summed E-state index contributed by atoms with van der Waals surface area (Å²) < 4.78 is 11.0. The van der Waals surface area contributed by atoms with Crippen molar-refractivity contribution >= 4 is 40.6 Å². The van der Waals surface area contributed by atoms with Crippen molar-refractivity contribution in [3.8, 4) is 11.5 Å². The summed E-state index contributed by atoms with van der Waals surface area (Å²) in [5.74, 6) is -1.13. The molecule has 10 heteroatoms. The normalized spacial score (nSPS) is 22.6. The molecule has 0 radical (unpaired) electrons. The molecule has 10 nitrogen and oxygen atoms in total. The van der Waals surface area contributed by atoms with E-state index in [0.717, 1.165) is 68.6 Å². The Labute approximate surface area is 263 Å². The number of nitrogens with one attached hydrogen (secondary N) is 2. The number of aliphatic imine (C=N–C) groups is 2. The Balaban J connectivity index is 1.35. The monoisotopic (exact) mass is 614 g/mol. The number of carbonyl (C=O) groups is 2. The number of ether oxygens (including phenoxy) is 2. The van der Waals surface area contributed by atoms with Crippen molar-refractivity contribution in [2.75, 3.05) is 13.2 Å². The molecule has 2 unspecified atom stereocenters. The quantitative estimate of drug-likeness (QED) is 0.304. The molecule has 0 spiro atoms. The zero-order valence-corrected chi connectivity index (χ0v) is 24.6. The molecule has 8 bridgehead atoms. The number of fused-ring (bicyclic) bond motifs is 6. The SMILES string of the molecule is O=C(O)COc1cccc(/C2=C3\C=CC(=N3)C=c3cc/c([nH]3)=C(\c3cccc(OCC(=O)O)c3)C3=NC(=CC4CCC2N4)C=C3)c1. The maximum absolute atomic E-state index is 11.1. The van der Waals surface area contributed by atoms with Gasteiger partial charge in [-0.25, -0.2) is 19.6 Å². The van der Waals surface area contributed by atoms with Crippen LogP contribution in [-0.2, 0) is 9.59 Å². The zero-order valence-electron chi connectivity index (χ0n) is 24.6. The van der Waals surface area contributed by atoms with Crippen LogP contribution in [0.25, 0.3) is 17.2 Å². The first kappa shape index (κ1) is 29.0. The third-order valence-corrected chi connectivity index (χ3v) is 8.03. The van der Waals surface area contributed by atoms with E-state index in [1.54, 1.807) is 12.1 Å². The summed E-state index contributed by atoms with van der Waals surface area (Å²) in [5, 5.41) is 23.7. The molecule has 46 heavy (non-hydrogen) atoms. The molecular formula is C36H30N4O6. The molecule has 0 saturated carbocycles. The van der Waals surface area contributed by atoms with Gasteiger partial charge in [-0.2, -0.15) is 0 Å². The molecule has 1 fully saturated rings. The van der Waals surface area contributed by atoms with Crippen LogP contribution in [0.1, 0.15) is 24.0 Å². The first-order valence-corrected chi connectivity index (χ1v) is 14.9. The summed E-state index contributed by atoms with van der Waals surface area (Å²) in [4.78, 5) is 35.7. The maximum atomic E-state index is 11.1. The van der Waals surface area contributed by atoms with Crippen LogP contribution in [0.15, 0.2) is 112 Å². The molecule has 7 rings (SSSR count). The minimum absolute atomic E-state index is 0.00572. The van der Waals surface area contributed by atoms with E-state index in [4.69, 9.17) is 29.7 Å². The lowest BCUT2D eigenvalue weighted by Crippen LogP contribution is -2.29. The van der Waals surface area contributed by atoms with Gasteiger partial charge in [0.2, 0.25) is 0 Å². The second-order valence-corrected chi connectivity index (χ2v) is 11.3. The summed E-state index contributed by atoms with van der Waals surface area (Å²) in [7, 11) is 0. The Hall–Kier alpha value is -5.74. The molecular weight excluding hydrogens is 584 g/mol. The van der Waals surface area contributed by atoms with Gasteiger partial charge in [0.15, 0.2) is 13.2 Å². The number of aromatic amines is 1. The second kappa shape index (κ2) is 12.3. The number of hydrogen-bond acceptors (Lipinski definition) is 7. The number of allylic oxidation sites excluding steroid dienone is 4. The maximum Gasteiger partial charge on any atom is 0.341 e. The minimum Gasteiger partial charge on any atom is -0.482 e. The van der Waals surface area contributed by atoms with Gasteiger partial charge in [0.1, 0.15) is 11.5 Å². The molecule has 5 heterocycles. The van der Waals surface area contributed by atoms with Crippen molar-refractivity contribution in [3.05, 3.63) is 124 Å². The van der Waals surface area contributed by atoms with Crippen LogP contribution in [0.5, 0.6) is 11.5 Å². The largest absolute Gasteiger partial charge is 0.482 e. The van der Waals surface area contributed by atoms with Gasteiger partial charge in [0, 0.05) is 33.9 Å². The second-order valence-electron chi connectivity index (χ2n) is 11.3. The van der Waals surface area contributed by atoms with Crippen LogP contribution in [-0.4, -0.2) is 63.9 Å². The van der Waals surface area contributed by atoms with Gasteiger partial charge in [0.05, 0.1) is 22.8 Å².